The van der Waals surface area contributed by atoms with E-state index in [-0.39, 0.29) is 11.9 Å². The van der Waals surface area contributed by atoms with Gasteiger partial charge in [0.15, 0.2) is 0 Å². The molecule has 2 rings (SSSR count). The Morgan fingerprint density at radius 2 is 1.80 bits per heavy atom. The molecule has 0 aromatic heterocycles. The number of nitrogens with zero attached hydrogens (tertiary/aromatic N) is 1. The van der Waals surface area contributed by atoms with E-state index in [0.29, 0.717) is 17.0 Å². The van der Waals surface area contributed by atoms with Crippen molar-refractivity contribution in [3.63, 3.8) is 0 Å². The van der Waals surface area contributed by atoms with Crippen LogP contribution in [0.5, 0.6) is 0 Å². The molecule has 20 heavy (non-hydrogen) atoms. The first-order valence-electron chi connectivity index (χ1n) is 6.16. The number of hydrogen-bond acceptors (Lipinski definition) is 2. The lowest BCUT2D eigenvalue weighted by atomic mass is 10.1. The van der Waals surface area contributed by atoms with Crippen molar-refractivity contribution in [2.75, 3.05) is 5.88 Å². The third-order valence-corrected chi connectivity index (χ3v) is 3.25. The first-order chi connectivity index (χ1) is 9.74. The molecule has 0 aliphatic heterocycles. The van der Waals surface area contributed by atoms with E-state index in [1.165, 1.54) is 0 Å². The average molecular weight is 285 g/mol. The van der Waals surface area contributed by atoms with Crippen LogP contribution < -0.4 is 5.32 Å². The Bertz CT molecular complexity index is 617. The minimum absolute atomic E-state index is 0.205. The molecular weight excluding hydrogens is 272 g/mol. The summed E-state index contributed by atoms with van der Waals surface area (Å²) in [4.78, 5) is 12.1. The fraction of sp³-hybridized carbons (Fsp3) is 0.125. The van der Waals surface area contributed by atoms with Crippen LogP contribution in [0.25, 0.3) is 0 Å². The standard InChI is InChI=1S/C16H13ClN2O/c17-10-15(13-4-2-1-3-5-13)19-16(20)14-8-6-12(11-18)7-9-14/h1-9,15H,10H2,(H,19,20). The number of benzene rings is 2. The Hall–Kier alpha value is -2.31. The van der Waals surface area contributed by atoms with Crippen LogP contribution in [0.3, 0.4) is 0 Å². The quantitative estimate of drug-likeness (QED) is 0.876. The second kappa shape index (κ2) is 6.74. The third kappa shape index (κ3) is 3.37. The average Bonchev–Trinajstić information content (AvgIpc) is 2.53. The highest BCUT2D eigenvalue weighted by Gasteiger charge is 2.14. The van der Waals surface area contributed by atoms with Gasteiger partial charge in [-0.25, -0.2) is 0 Å². The third-order valence-electron chi connectivity index (χ3n) is 2.94. The van der Waals surface area contributed by atoms with Crippen LogP contribution in [0, 0.1) is 11.3 Å². The summed E-state index contributed by atoms with van der Waals surface area (Å²) in [6.07, 6.45) is 0. The number of carbonyl (C=O) groups is 1. The lowest BCUT2D eigenvalue weighted by molar-refractivity contribution is 0.0940. The first-order valence-corrected chi connectivity index (χ1v) is 6.70. The van der Waals surface area contributed by atoms with E-state index in [1.54, 1.807) is 24.3 Å². The summed E-state index contributed by atoms with van der Waals surface area (Å²) in [6, 6.07) is 17.8. The molecule has 2 aromatic carbocycles. The summed E-state index contributed by atoms with van der Waals surface area (Å²) >= 11 is 5.92. The van der Waals surface area contributed by atoms with E-state index in [9.17, 15) is 4.79 Å². The number of nitriles is 1. The number of alkyl halides is 1. The van der Waals surface area contributed by atoms with Gasteiger partial charge in [0, 0.05) is 11.4 Å². The molecule has 1 amide bonds. The highest BCUT2D eigenvalue weighted by Crippen LogP contribution is 2.15. The van der Waals surface area contributed by atoms with Crippen LogP contribution in [-0.2, 0) is 0 Å². The Balaban J connectivity index is 2.11. The van der Waals surface area contributed by atoms with Crippen molar-refractivity contribution in [3.05, 3.63) is 71.3 Å². The number of nitrogens with one attached hydrogen (secondary N) is 1. The number of carbonyl (C=O) groups excluding carboxylic acids is 1. The maximum absolute atomic E-state index is 12.1. The summed E-state index contributed by atoms with van der Waals surface area (Å²) in [6.45, 7) is 0. The highest BCUT2D eigenvalue weighted by molar-refractivity contribution is 6.18. The largest absolute Gasteiger partial charge is 0.344 e. The van der Waals surface area contributed by atoms with Gasteiger partial charge in [-0.2, -0.15) is 5.26 Å². The van der Waals surface area contributed by atoms with Crippen LogP contribution in [0.1, 0.15) is 27.5 Å². The Morgan fingerprint density at radius 3 is 2.35 bits per heavy atom. The normalized spacial score (nSPS) is 11.4. The van der Waals surface area contributed by atoms with Gasteiger partial charge in [0.05, 0.1) is 17.7 Å². The van der Waals surface area contributed by atoms with Crippen LogP contribution in [0.4, 0.5) is 0 Å². The molecule has 0 aliphatic rings. The molecule has 0 saturated heterocycles. The van der Waals surface area contributed by atoms with Crippen molar-refractivity contribution in [2.45, 2.75) is 6.04 Å². The van der Waals surface area contributed by atoms with Crippen LogP contribution in [0.2, 0.25) is 0 Å². The number of hydrogen-bond donors (Lipinski definition) is 1. The molecule has 0 saturated carbocycles. The number of halogens is 1. The van der Waals surface area contributed by atoms with E-state index in [1.807, 2.05) is 36.4 Å². The maximum atomic E-state index is 12.1. The SMILES string of the molecule is N#Cc1ccc(C(=O)NC(CCl)c2ccccc2)cc1. The van der Waals surface area contributed by atoms with Crippen molar-refractivity contribution >= 4 is 17.5 Å². The molecule has 1 N–H and O–H groups in total. The molecule has 100 valence electrons. The van der Waals surface area contributed by atoms with E-state index in [2.05, 4.69) is 5.32 Å². The second-order valence-electron chi connectivity index (χ2n) is 4.28. The topological polar surface area (TPSA) is 52.9 Å². The zero-order valence-electron chi connectivity index (χ0n) is 10.7. The lowest BCUT2D eigenvalue weighted by Crippen LogP contribution is -2.29. The van der Waals surface area contributed by atoms with E-state index in [0.717, 1.165) is 5.56 Å². The molecule has 4 heteroatoms. The molecule has 0 radical (unpaired) electrons. The van der Waals surface area contributed by atoms with Crippen LogP contribution >= 0.6 is 11.6 Å². The lowest BCUT2D eigenvalue weighted by Gasteiger charge is -2.16. The van der Waals surface area contributed by atoms with Crippen molar-refractivity contribution < 1.29 is 4.79 Å². The molecule has 3 nitrogen and oxygen atoms in total. The van der Waals surface area contributed by atoms with Gasteiger partial charge in [0.2, 0.25) is 0 Å². The van der Waals surface area contributed by atoms with Gasteiger partial charge in [0.1, 0.15) is 0 Å². The zero-order chi connectivity index (χ0) is 14.4. The van der Waals surface area contributed by atoms with Crippen LogP contribution in [-0.4, -0.2) is 11.8 Å². The maximum Gasteiger partial charge on any atom is 0.251 e. The molecular formula is C16H13ClN2O. The molecule has 0 bridgehead atoms. The predicted octanol–water partition coefficient (Wildman–Crippen LogP) is 3.27. The number of amides is 1. The van der Waals surface area contributed by atoms with Crippen LogP contribution in [0.15, 0.2) is 54.6 Å². The summed E-state index contributed by atoms with van der Waals surface area (Å²) in [5.74, 6) is 0.0930. The molecule has 1 atom stereocenters. The first kappa shape index (κ1) is 14.1. The highest BCUT2D eigenvalue weighted by atomic mass is 35.5. The fourth-order valence-corrected chi connectivity index (χ4v) is 2.09. The molecule has 0 aliphatic carbocycles. The van der Waals surface area contributed by atoms with Gasteiger partial charge in [0.25, 0.3) is 5.91 Å². The van der Waals surface area contributed by atoms with Crippen molar-refractivity contribution in [3.8, 4) is 6.07 Å². The molecule has 0 heterocycles. The fourth-order valence-electron chi connectivity index (χ4n) is 1.83. The minimum Gasteiger partial charge on any atom is -0.344 e. The summed E-state index contributed by atoms with van der Waals surface area (Å²) in [5, 5.41) is 11.6. The van der Waals surface area contributed by atoms with E-state index >= 15 is 0 Å². The van der Waals surface area contributed by atoms with Gasteiger partial charge in [-0.15, -0.1) is 11.6 Å². The summed E-state index contributed by atoms with van der Waals surface area (Å²) in [5.41, 5.74) is 2.00. The predicted molar refractivity (Wildman–Crippen MR) is 78.5 cm³/mol. The van der Waals surface area contributed by atoms with Crippen molar-refractivity contribution in [1.82, 2.24) is 5.32 Å². The van der Waals surface area contributed by atoms with Gasteiger partial charge in [-0.3, -0.25) is 4.79 Å². The van der Waals surface area contributed by atoms with E-state index in [4.69, 9.17) is 16.9 Å². The molecule has 2 aromatic rings. The van der Waals surface area contributed by atoms with E-state index < -0.39 is 0 Å². The Morgan fingerprint density at radius 1 is 1.15 bits per heavy atom. The molecule has 1 unspecified atom stereocenters. The summed E-state index contributed by atoms with van der Waals surface area (Å²) in [7, 11) is 0. The molecule has 0 spiro atoms. The monoisotopic (exact) mass is 284 g/mol. The van der Waals surface area contributed by atoms with Crippen molar-refractivity contribution in [1.29, 1.82) is 5.26 Å². The van der Waals surface area contributed by atoms with Crippen molar-refractivity contribution in [2.24, 2.45) is 0 Å². The smallest absolute Gasteiger partial charge is 0.251 e. The van der Waals surface area contributed by atoms with Gasteiger partial charge in [-0.05, 0) is 29.8 Å². The minimum atomic E-state index is -0.235. The summed E-state index contributed by atoms with van der Waals surface area (Å²) < 4.78 is 0. The zero-order valence-corrected chi connectivity index (χ0v) is 11.5. The molecule has 0 fully saturated rings. The second-order valence-corrected chi connectivity index (χ2v) is 4.59. The Kier molecular flexibility index (Phi) is 4.75. The Labute approximate surface area is 122 Å². The number of rotatable bonds is 4. The van der Waals surface area contributed by atoms with Gasteiger partial charge < -0.3 is 5.32 Å². The van der Waals surface area contributed by atoms with Gasteiger partial charge >= 0.3 is 0 Å². The van der Waals surface area contributed by atoms with Gasteiger partial charge in [-0.1, -0.05) is 30.3 Å².